The lowest BCUT2D eigenvalue weighted by atomic mass is 10.1. The molecule has 1 nitrogen and oxygen atoms in total. The maximum Gasteiger partial charge on any atom is 0.122 e. The summed E-state index contributed by atoms with van der Waals surface area (Å²) in [5, 5.41) is 0. The van der Waals surface area contributed by atoms with Gasteiger partial charge in [-0.1, -0.05) is 25.1 Å². The number of benzene rings is 1. The Hall–Kier alpha value is -0.980. The van der Waals surface area contributed by atoms with Crippen LogP contribution in [-0.2, 0) is 6.42 Å². The Bertz CT molecular complexity index is 218. The van der Waals surface area contributed by atoms with Gasteiger partial charge in [-0.15, -0.1) is 0 Å². The quantitative estimate of drug-likeness (QED) is 0.641. The summed E-state index contributed by atoms with van der Waals surface area (Å²) in [7, 11) is 0. The zero-order chi connectivity index (χ0) is 8.10. The van der Waals surface area contributed by atoms with Gasteiger partial charge in [-0.2, -0.15) is 0 Å². The van der Waals surface area contributed by atoms with Crippen molar-refractivity contribution >= 4 is 0 Å². The summed E-state index contributed by atoms with van der Waals surface area (Å²) in [5.41, 5.74) is 1.25. The van der Waals surface area contributed by atoms with Gasteiger partial charge in [0.2, 0.25) is 0 Å². The third-order valence-electron chi connectivity index (χ3n) is 1.61. The Labute approximate surface area is 68.0 Å². The van der Waals surface area contributed by atoms with Crippen LogP contribution in [0.15, 0.2) is 24.3 Å². The number of hydrogen-bond donors (Lipinski definition) is 0. The van der Waals surface area contributed by atoms with E-state index in [0.717, 1.165) is 12.2 Å². The number of rotatable bonds is 3. The van der Waals surface area contributed by atoms with Crippen LogP contribution in [0.3, 0.4) is 0 Å². The van der Waals surface area contributed by atoms with E-state index >= 15 is 0 Å². The standard InChI is InChI=1S/C10H13O/c1-3-9-7-5-6-8-10(9)11-4-2/h5-8H,2-4H2,1H3. The van der Waals surface area contributed by atoms with Crippen molar-refractivity contribution in [1.82, 2.24) is 0 Å². The monoisotopic (exact) mass is 149 g/mol. The smallest absolute Gasteiger partial charge is 0.122 e. The van der Waals surface area contributed by atoms with Crippen molar-refractivity contribution in [2.45, 2.75) is 13.3 Å². The molecule has 0 amide bonds. The fourth-order valence-electron chi connectivity index (χ4n) is 1.05. The summed E-state index contributed by atoms with van der Waals surface area (Å²) in [6.07, 6.45) is 1.01. The van der Waals surface area contributed by atoms with Crippen LogP contribution < -0.4 is 4.74 Å². The zero-order valence-corrected chi connectivity index (χ0v) is 6.84. The second-order valence-corrected chi connectivity index (χ2v) is 2.31. The molecule has 0 heterocycles. The molecular formula is C10H13O. The third kappa shape index (κ3) is 1.97. The Kier molecular flexibility index (Phi) is 2.96. The van der Waals surface area contributed by atoms with Gasteiger partial charge in [-0.3, -0.25) is 0 Å². The van der Waals surface area contributed by atoms with Crippen LogP contribution >= 0.6 is 0 Å². The second-order valence-electron chi connectivity index (χ2n) is 2.31. The van der Waals surface area contributed by atoms with Crippen LogP contribution in [0.25, 0.3) is 0 Å². The van der Waals surface area contributed by atoms with Gasteiger partial charge < -0.3 is 4.74 Å². The van der Waals surface area contributed by atoms with Crippen molar-refractivity contribution in [3.05, 3.63) is 36.8 Å². The minimum Gasteiger partial charge on any atom is -0.493 e. The molecule has 0 unspecified atom stereocenters. The molecule has 1 radical (unpaired) electrons. The molecule has 0 aliphatic rings. The van der Waals surface area contributed by atoms with E-state index in [9.17, 15) is 0 Å². The third-order valence-corrected chi connectivity index (χ3v) is 1.61. The molecule has 0 bridgehead atoms. The lowest BCUT2D eigenvalue weighted by molar-refractivity contribution is 0.357. The Balaban J connectivity index is 2.83. The van der Waals surface area contributed by atoms with Crippen molar-refractivity contribution in [1.29, 1.82) is 0 Å². The van der Waals surface area contributed by atoms with Crippen LogP contribution in [0.2, 0.25) is 0 Å². The molecule has 0 spiro atoms. The minimum absolute atomic E-state index is 0.497. The van der Waals surface area contributed by atoms with E-state index in [1.165, 1.54) is 5.56 Å². The lowest BCUT2D eigenvalue weighted by Crippen LogP contribution is -1.95. The first-order valence-corrected chi connectivity index (χ1v) is 3.88. The van der Waals surface area contributed by atoms with Crippen LogP contribution in [-0.4, -0.2) is 6.61 Å². The van der Waals surface area contributed by atoms with Crippen molar-refractivity contribution in [2.24, 2.45) is 0 Å². The number of aryl methyl sites for hydroxylation is 1. The predicted octanol–water partition coefficient (Wildman–Crippen LogP) is 2.46. The molecule has 0 saturated carbocycles. The van der Waals surface area contributed by atoms with Gasteiger partial charge in [0, 0.05) is 0 Å². The predicted molar refractivity (Wildman–Crippen MR) is 46.7 cm³/mol. The molecule has 11 heavy (non-hydrogen) atoms. The van der Waals surface area contributed by atoms with Crippen molar-refractivity contribution in [3.63, 3.8) is 0 Å². The summed E-state index contributed by atoms with van der Waals surface area (Å²) in [6.45, 7) is 6.25. The molecule has 1 aromatic carbocycles. The highest BCUT2D eigenvalue weighted by Crippen LogP contribution is 2.17. The Morgan fingerprint density at radius 1 is 1.36 bits per heavy atom. The van der Waals surface area contributed by atoms with E-state index in [2.05, 4.69) is 19.9 Å². The number of ether oxygens (including phenoxy) is 1. The van der Waals surface area contributed by atoms with Gasteiger partial charge in [0.15, 0.2) is 0 Å². The van der Waals surface area contributed by atoms with E-state index in [1.807, 2.05) is 18.2 Å². The van der Waals surface area contributed by atoms with Crippen LogP contribution in [0, 0.1) is 6.92 Å². The molecule has 0 fully saturated rings. The molecule has 0 saturated heterocycles. The highest BCUT2D eigenvalue weighted by molar-refractivity contribution is 5.33. The van der Waals surface area contributed by atoms with E-state index < -0.39 is 0 Å². The van der Waals surface area contributed by atoms with Gasteiger partial charge in [-0.05, 0) is 25.0 Å². The largest absolute Gasteiger partial charge is 0.493 e. The molecule has 0 atom stereocenters. The molecule has 59 valence electrons. The summed E-state index contributed by atoms with van der Waals surface area (Å²) in [6, 6.07) is 8.05. The van der Waals surface area contributed by atoms with E-state index in [-0.39, 0.29) is 0 Å². The maximum absolute atomic E-state index is 5.32. The van der Waals surface area contributed by atoms with Crippen molar-refractivity contribution < 1.29 is 4.74 Å². The van der Waals surface area contributed by atoms with Gasteiger partial charge in [0.25, 0.3) is 0 Å². The molecule has 0 aliphatic heterocycles. The van der Waals surface area contributed by atoms with Gasteiger partial charge in [-0.25, -0.2) is 0 Å². The molecule has 1 rings (SSSR count). The average molecular weight is 149 g/mol. The molecule has 1 aromatic rings. The van der Waals surface area contributed by atoms with Gasteiger partial charge >= 0.3 is 0 Å². The first-order valence-electron chi connectivity index (χ1n) is 3.88. The number of para-hydroxylation sites is 1. The summed E-state index contributed by atoms with van der Waals surface area (Å²) in [5.74, 6) is 0.963. The fourth-order valence-corrected chi connectivity index (χ4v) is 1.05. The fraction of sp³-hybridized carbons (Fsp3) is 0.300. The second kappa shape index (κ2) is 4.02. The molecule has 0 aliphatic carbocycles. The van der Waals surface area contributed by atoms with Crippen LogP contribution in [0.1, 0.15) is 12.5 Å². The van der Waals surface area contributed by atoms with Gasteiger partial charge in [0.1, 0.15) is 5.75 Å². The van der Waals surface area contributed by atoms with E-state index in [0.29, 0.717) is 6.61 Å². The minimum atomic E-state index is 0.497. The van der Waals surface area contributed by atoms with Gasteiger partial charge in [0.05, 0.1) is 6.61 Å². The van der Waals surface area contributed by atoms with Crippen molar-refractivity contribution in [3.8, 4) is 5.75 Å². The summed E-state index contributed by atoms with van der Waals surface area (Å²) < 4.78 is 5.32. The molecular weight excluding hydrogens is 136 g/mol. The molecule has 0 N–H and O–H groups in total. The first-order chi connectivity index (χ1) is 5.38. The topological polar surface area (TPSA) is 9.23 Å². The van der Waals surface area contributed by atoms with Crippen LogP contribution in [0.5, 0.6) is 5.75 Å². The molecule has 1 heteroatoms. The SMILES string of the molecule is [CH2]COc1ccccc1CC. The Morgan fingerprint density at radius 3 is 2.73 bits per heavy atom. The van der Waals surface area contributed by atoms with E-state index in [4.69, 9.17) is 4.74 Å². The van der Waals surface area contributed by atoms with Crippen molar-refractivity contribution in [2.75, 3.05) is 6.61 Å². The molecule has 0 aromatic heterocycles. The highest BCUT2D eigenvalue weighted by atomic mass is 16.5. The zero-order valence-electron chi connectivity index (χ0n) is 6.84. The maximum atomic E-state index is 5.32. The van der Waals surface area contributed by atoms with Crippen LogP contribution in [0.4, 0.5) is 0 Å². The highest BCUT2D eigenvalue weighted by Gasteiger charge is 1.97. The first kappa shape index (κ1) is 8.12. The lowest BCUT2D eigenvalue weighted by Gasteiger charge is -2.06. The summed E-state index contributed by atoms with van der Waals surface area (Å²) in [4.78, 5) is 0. The normalized spacial score (nSPS) is 9.64. The number of hydrogen-bond acceptors (Lipinski definition) is 1. The Morgan fingerprint density at radius 2 is 2.09 bits per heavy atom. The summed E-state index contributed by atoms with van der Waals surface area (Å²) >= 11 is 0. The van der Waals surface area contributed by atoms with E-state index in [1.54, 1.807) is 0 Å². The average Bonchev–Trinajstić information content (AvgIpc) is 2.06.